The van der Waals surface area contributed by atoms with Crippen LogP contribution < -0.4 is 5.32 Å². The van der Waals surface area contributed by atoms with Crippen molar-refractivity contribution in [3.05, 3.63) is 35.1 Å². The summed E-state index contributed by atoms with van der Waals surface area (Å²) in [5, 5.41) is 10.9. The molecule has 2 N–H and O–H groups in total. The number of hydrogen-bond acceptors (Lipinski definition) is 3. The molecule has 1 atom stereocenters. The molecule has 1 aliphatic heterocycles. The molecule has 0 bridgehead atoms. The van der Waals surface area contributed by atoms with Crippen molar-refractivity contribution in [3.63, 3.8) is 0 Å². The van der Waals surface area contributed by atoms with E-state index >= 15 is 0 Å². The average molecular weight is 280 g/mol. The fourth-order valence-electron chi connectivity index (χ4n) is 2.19. The smallest absolute Gasteiger partial charge is 0.404 e. The predicted octanol–water partition coefficient (Wildman–Crippen LogP) is 1.12. The van der Waals surface area contributed by atoms with Crippen molar-refractivity contribution in [1.82, 2.24) is 10.2 Å². The molecular weight excluding hydrogens is 267 g/mol. The van der Waals surface area contributed by atoms with Gasteiger partial charge in [-0.2, -0.15) is 0 Å². The number of carbonyl (C=O) groups is 3. The second kappa shape index (κ2) is 5.68. The molecule has 1 aromatic carbocycles. The molecule has 1 unspecified atom stereocenters. The quantitative estimate of drug-likeness (QED) is 0.812. The first kappa shape index (κ1) is 14.0. The molecule has 0 saturated carbocycles. The molecule has 0 aliphatic carbocycles. The van der Waals surface area contributed by atoms with Gasteiger partial charge in [-0.15, -0.1) is 0 Å². The first-order valence-electron chi connectivity index (χ1n) is 6.04. The Hall–Kier alpha value is -2.44. The summed E-state index contributed by atoms with van der Waals surface area (Å²) in [5.41, 5.74) is 0.0414. The van der Waals surface area contributed by atoms with Crippen molar-refractivity contribution in [2.24, 2.45) is 0 Å². The monoisotopic (exact) mass is 280 g/mol. The third-order valence-electron chi connectivity index (χ3n) is 3.16. The van der Waals surface area contributed by atoms with E-state index in [0.29, 0.717) is 19.3 Å². The minimum absolute atomic E-state index is 0.175. The van der Waals surface area contributed by atoms with Gasteiger partial charge in [0.1, 0.15) is 12.1 Å². The van der Waals surface area contributed by atoms with Crippen LogP contribution in [0.5, 0.6) is 0 Å². The van der Waals surface area contributed by atoms with Gasteiger partial charge in [0.05, 0.1) is 11.6 Å². The van der Waals surface area contributed by atoms with Crippen LogP contribution in [-0.2, 0) is 0 Å². The van der Waals surface area contributed by atoms with Gasteiger partial charge >= 0.3 is 6.09 Å². The SMILES string of the molecule is O=Cc1ccc(F)c(C(=O)N2CCC(NC(=O)O)C2)c1. The zero-order chi connectivity index (χ0) is 14.7. The number of nitrogens with one attached hydrogen (secondary N) is 1. The Morgan fingerprint density at radius 3 is 2.85 bits per heavy atom. The maximum Gasteiger partial charge on any atom is 0.404 e. The van der Waals surface area contributed by atoms with Crippen LogP contribution >= 0.6 is 0 Å². The van der Waals surface area contributed by atoms with E-state index in [1.165, 1.54) is 17.0 Å². The summed E-state index contributed by atoms with van der Waals surface area (Å²) in [7, 11) is 0. The number of carboxylic acid groups (broad SMARTS) is 1. The lowest BCUT2D eigenvalue weighted by Crippen LogP contribution is -2.37. The highest BCUT2D eigenvalue weighted by Gasteiger charge is 2.29. The van der Waals surface area contributed by atoms with Gasteiger partial charge in [0.25, 0.3) is 5.91 Å². The van der Waals surface area contributed by atoms with Gasteiger partial charge in [0.2, 0.25) is 0 Å². The van der Waals surface area contributed by atoms with Gasteiger partial charge in [0, 0.05) is 18.7 Å². The number of nitrogens with zero attached hydrogens (tertiary/aromatic N) is 1. The van der Waals surface area contributed by atoms with E-state index in [1.807, 2.05) is 0 Å². The number of halogens is 1. The van der Waals surface area contributed by atoms with Crippen LogP contribution in [0, 0.1) is 5.82 Å². The van der Waals surface area contributed by atoms with Gasteiger partial charge in [0.15, 0.2) is 0 Å². The second-order valence-corrected chi connectivity index (χ2v) is 4.54. The number of benzene rings is 1. The topological polar surface area (TPSA) is 86.7 Å². The first-order valence-corrected chi connectivity index (χ1v) is 6.04. The molecule has 7 heteroatoms. The van der Waals surface area contributed by atoms with E-state index in [2.05, 4.69) is 5.32 Å². The summed E-state index contributed by atoms with van der Waals surface area (Å²) in [5.74, 6) is -1.24. The summed E-state index contributed by atoms with van der Waals surface area (Å²) >= 11 is 0. The van der Waals surface area contributed by atoms with E-state index in [4.69, 9.17) is 5.11 Å². The van der Waals surface area contributed by atoms with E-state index < -0.39 is 17.8 Å². The Labute approximate surface area is 114 Å². The largest absolute Gasteiger partial charge is 0.465 e. The molecule has 1 aliphatic rings. The van der Waals surface area contributed by atoms with E-state index in [-0.39, 0.29) is 23.7 Å². The normalized spacial score (nSPS) is 17.9. The Kier molecular flexibility index (Phi) is 3.97. The van der Waals surface area contributed by atoms with Crippen LogP contribution in [0.2, 0.25) is 0 Å². The van der Waals surface area contributed by atoms with Crippen LogP contribution in [0.3, 0.4) is 0 Å². The second-order valence-electron chi connectivity index (χ2n) is 4.54. The Morgan fingerprint density at radius 2 is 2.20 bits per heavy atom. The van der Waals surface area contributed by atoms with Crippen LogP contribution in [0.15, 0.2) is 18.2 Å². The summed E-state index contributed by atoms with van der Waals surface area (Å²) < 4.78 is 13.6. The molecule has 6 nitrogen and oxygen atoms in total. The molecule has 1 fully saturated rings. The van der Waals surface area contributed by atoms with Crippen molar-refractivity contribution < 1.29 is 23.9 Å². The summed E-state index contributed by atoms with van der Waals surface area (Å²) in [4.78, 5) is 34.7. The number of aldehydes is 1. The Balaban J connectivity index is 2.12. The van der Waals surface area contributed by atoms with Crippen LogP contribution in [0.1, 0.15) is 27.1 Å². The highest BCUT2D eigenvalue weighted by molar-refractivity contribution is 5.96. The molecule has 106 valence electrons. The standard InChI is InChI=1S/C13H13FN2O4/c14-11-2-1-8(7-17)5-10(11)12(18)16-4-3-9(6-16)15-13(19)20/h1-2,5,7,9,15H,3-4,6H2,(H,19,20). The van der Waals surface area contributed by atoms with Crippen molar-refractivity contribution in [3.8, 4) is 0 Å². The maximum absolute atomic E-state index is 13.6. The van der Waals surface area contributed by atoms with Gasteiger partial charge in [-0.25, -0.2) is 9.18 Å². The summed E-state index contributed by atoms with van der Waals surface area (Å²) in [6.07, 6.45) is -0.138. The minimum atomic E-state index is -1.15. The van der Waals surface area contributed by atoms with Gasteiger partial charge < -0.3 is 15.3 Å². The fraction of sp³-hybridized carbons (Fsp3) is 0.308. The zero-order valence-corrected chi connectivity index (χ0v) is 10.5. The number of rotatable bonds is 3. The maximum atomic E-state index is 13.6. The van der Waals surface area contributed by atoms with Crippen molar-refractivity contribution in [1.29, 1.82) is 0 Å². The van der Waals surface area contributed by atoms with Gasteiger partial charge in [-0.05, 0) is 24.6 Å². The summed E-state index contributed by atoms with van der Waals surface area (Å²) in [6, 6.07) is 3.20. The fourth-order valence-corrected chi connectivity index (χ4v) is 2.19. The van der Waals surface area contributed by atoms with Crippen LogP contribution in [0.25, 0.3) is 0 Å². The van der Waals surface area contributed by atoms with Gasteiger partial charge in [-0.3, -0.25) is 9.59 Å². The highest BCUT2D eigenvalue weighted by atomic mass is 19.1. The number of carbonyl (C=O) groups excluding carboxylic acids is 2. The van der Waals surface area contributed by atoms with Crippen molar-refractivity contribution in [2.45, 2.75) is 12.5 Å². The van der Waals surface area contributed by atoms with Crippen molar-refractivity contribution in [2.75, 3.05) is 13.1 Å². The zero-order valence-electron chi connectivity index (χ0n) is 10.5. The van der Waals surface area contributed by atoms with E-state index in [0.717, 1.165) is 6.07 Å². The number of hydrogen-bond donors (Lipinski definition) is 2. The molecule has 2 amide bonds. The highest BCUT2D eigenvalue weighted by Crippen LogP contribution is 2.17. The molecule has 1 heterocycles. The van der Waals surface area contributed by atoms with E-state index in [9.17, 15) is 18.8 Å². The molecule has 0 spiro atoms. The average Bonchev–Trinajstić information content (AvgIpc) is 2.86. The number of amides is 2. The van der Waals surface area contributed by atoms with E-state index in [1.54, 1.807) is 0 Å². The molecular formula is C13H13FN2O4. The lowest BCUT2D eigenvalue weighted by Gasteiger charge is -2.17. The van der Waals surface area contributed by atoms with Crippen LogP contribution in [0.4, 0.5) is 9.18 Å². The van der Waals surface area contributed by atoms with Crippen LogP contribution in [-0.4, -0.2) is 47.4 Å². The first-order chi connectivity index (χ1) is 9.51. The molecule has 0 radical (unpaired) electrons. The third kappa shape index (κ3) is 2.93. The lowest BCUT2D eigenvalue weighted by molar-refractivity contribution is 0.0784. The molecule has 1 saturated heterocycles. The van der Waals surface area contributed by atoms with Gasteiger partial charge in [-0.1, -0.05) is 0 Å². The lowest BCUT2D eigenvalue weighted by atomic mass is 10.1. The van der Waals surface area contributed by atoms with Crippen molar-refractivity contribution >= 4 is 18.3 Å². The minimum Gasteiger partial charge on any atom is -0.465 e. The Morgan fingerprint density at radius 1 is 1.45 bits per heavy atom. The Bertz CT molecular complexity index is 561. The number of likely N-dealkylation sites (tertiary alicyclic amines) is 1. The molecule has 2 rings (SSSR count). The molecule has 0 aromatic heterocycles. The predicted molar refractivity (Wildman–Crippen MR) is 67.3 cm³/mol. The molecule has 20 heavy (non-hydrogen) atoms. The molecule has 1 aromatic rings. The summed E-state index contributed by atoms with van der Waals surface area (Å²) in [6.45, 7) is 0.532. The third-order valence-corrected chi connectivity index (χ3v) is 3.16.